The Bertz CT molecular complexity index is 393. The topological polar surface area (TPSA) is 136 Å². The maximum absolute atomic E-state index is 12.5. The number of nitrogens with one attached hydrogen (secondary N) is 1. The molecule has 0 bridgehead atoms. The minimum Gasteiger partial charge on any atom is -0.410 e. The zero-order valence-electron chi connectivity index (χ0n) is 11.2. The van der Waals surface area contributed by atoms with Crippen LogP contribution in [0.4, 0.5) is 4.79 Å². The summed E-state index contributed by atoms with van der Waals surface area (Å²) >= 11 is 0. The van der Waals surface area contributed by atoms with Gasteiger partial charge in [-0.1, -0.05) is 5.16 Å². The summed E-state index contributed by atoms with van der Waals surface area (Å²) in [6, 6.07) is -0.919. The number of carbonyl (C=O) groups excluding carboxylic acids is 1. The number of carbonyl (C=O) groups is 1. The Morgan fingerprint density at radius 1 is 1.32 bits per heavy atom. The lowest BCUT2D eigenvalue weighted by Gasteiger charge is -2.21. The molecule has 9 nitrogen and oxygen atoms in total. The van der Waals surface area contributed by atoms with Crippen molar-refractivity contribution in [3.63, 3.8) is 0 Å². The molecule has 19 heavy (non-hydrogen) atoms. The van der Waals surface area contributed by atoms with Crippen LogP contribution >= 0.6 is 7.60 Å². The maximum atomic E-state index is 12.5. The van der Waals surface area contributed by atoms with E-state index in [0.717, 1.165) is 6.21 Å². The third-order valence-corrected chi connectivity index (χ3v) is 3.60. The maximum Gasteiger partial charge on any atom is 0.385 e. The molecule has 0 aliphatic carbocycles. The van der Waals surface area contributed by atoms with Crippen LogP contribution in [0.5, 0.6) is 0 Å². The van der Waals surface area contributed by atoms with Crippen molar-refractivity contribution in [2.45, 2.75) is 39.9 Å². The quantitative estimate of drug-likeness (QED) is 0.283. The van der Waals surface area contributed by atoms with Crippen molar-refractivity contribution in [3.8, 4) is 0 Å². The van der Waals surface area contributed by atoms with Gasteiger partial charge < -0.3 is 20.0 Å². The normalized spacial score (nSPS) is 13.5. The van der Waals surface area contributed by atoms with Crippen LogP contribution in [0.3, 0.4) is 0 Å². The van der Waals surface area contributed by atoms with Crippen molar-refractivity contribution in [2.24, 2.45) is 16.0 Å². The average Bonchev–Trinajstić information content (AvgIpc) is 2.21. The van der Waals surface area contributed by atoms with E-state index in [1.807, 2.05) is 5.43 Å². The number of primary amides is 1. The molecule has 0 aliphatic rings. The molecule has 0 heterocycles. The Kier molecular flexibility index (Phi) is 7.28. The third-order valence-electron chi connectivity index (χ3n) is 1.44. The Balaban J connectivity index is 5.15. The highest BCUT2D eigenvalue weighted by Crippen LogP contribution is 2.51. The third kappa shape index (κ3) is 6.90. The fraction of sp³-hybridized carbons (Fsp3) is 0.667. The van der Waals surface area contributed by atoms with E-state index in [-0.39, 0.29) is 0 Å². The number of amides is 2. The highest BCUT2D eigenvalue weighted by Gasteiger charge is 2.34. The van der Waals surface area contributed by atoms with Crippen molar-refractivity contribution in [1.29, 1.82) is 0 Å². The van der Waals surface area contributed by atoms with Gasteiger partial charge in [-0.2, -0.15) is 5.10 Å². The molecule has 0 fully saturated rings. The number of oxime groups is 1. The molecule has 0 radical (unpaired) electrons. The van der Waals surface area contributed by atoms with Gasteiger partial charge in [0.05, 0.1) is 18.4 Å². The molecule has 0 unspecified atom stereocenters. The lowest BCUT2D eigenvalue weighted by molar-refractivity contribution is 0.152. The average molecular weight is 294 g/mol. The Morgan fingerprint density at radius 3 is 2.11 bits per heavy atom. The van der Waals surface area contributed by atoms with Crippen LogP contribution in [0.1, 0.15) is 27.7 Å². The molecule has 110 valence electrons. The number of hydrazone groups is 1. The van der Waals surface area contributed by atoms with E-state index in [1.165, 1.54) is 0 Å². The number of rotatable bonds is 7. The fourth-order valence-corrected chi connectivity index (χ4v) is 2.68. The second kappa shape index (κ2) is 7.88. The zero-order chi connectivity index (χ0) is 15.1. The van der Waals surface area contributed by atoms with E-state index >= 15 is 0 Å². The molecule has 0 aliphatic heterocycles. The Morgan fingerprint density at radius 2 is 1.79 bits per heavy atom. The SMILES string of the molecule is CC(C)OP(=O)(OC(C)C)C(/C=N/NC(N)=O)=N/O. The van der Waals surface area contributed by atoms with E-state index in [9.17, 15) is 9.36 Å². The van der Waals surface area contributed by atoms with E-state index in [0.29, 0.717) is 0 Å². The lowest BCUT2D eigenvalue weighted by atomic mass is 10.5. The molecule has 2 amide bonds. The van der Waals surface area contributed by atoms with Gasteiger partial charge in [0.15, 0.2) is 0 Å². The molecule has 4 N–H and O–H groups in total. The summed E-state index contributed by atoms with van der Waals surface area (Å²) in [7, 11) is -3.84. The van der Waals surface area contributed by atoms with Crippen LogP contribution < -0.4 is 11.2 Å². The van der Waals surface area contributed by atoms with Crippen LogP contribution in [0, 0.1) is 0 Å². The van der Waals surface area contributed by atoms with Crippen molar-refractivity contribution < 1.29 is 23.6 Å². The van der Waals surface area contributed by atoms with Crippen molar-refractivity contribution in [2.75, 3.05) is 0 Å². The first kappa shape index (κ1) is 17.6. The van der Waals surface area contributed by atoms with Gasteiger partial charge in [0, 0.05) is 0 Å². The van der Waals surface area contributed by atoms with Crippen molar-refractivity contribution in [1.82, 2.24) is 5.43 Å². The number of hydrogen-bond acceptors (Lipinski definition) is 7. The summed E-state index contributed by atoms with van der Waals surface area (Å²) < 4.78 is 22.8. The van der Waals surface area contributed by atoms with Gasteiger partial charge in [-0.15, -0.1) is 0 Å². The molecule has 0 aromatic rings. The Labute approximate surface area is 111 Å². The smallest absolute Gasteiger partial charge is 0.385 e. The van der Waals surface area contributed by atoms with Gasteiger partial charge in [0.1, 0.15) is 0 Å². The predicted octanol–water partition coefficient (Wildman–Crippen LogP) is 1.47. The molecule has 0 rings (SSSR count). The standard InChI is InChI=1S/C9H19N4O5P/c1-6(2)17-19(16,18-7(3)4)8(13-15)5-11-12-9(10)14/h5-7,15H,1-4H3,(H3,10,12,14)/b11-5+,13-8+. The van der Waals surface area contributed by atoms with Crippen LogP contribution in [0.15, 0.2) is 10.3 Å². The van der Waals surface area contributed by atoms with Gasteiger partial charge in [-0.05, 0) is 27.7 Å². The molecular formula is C9H19N4O5P. The molecule has 0 aromatic carbocycles. The van der Waals surface area contributed by atoms with Crippen LogP contribution in [-0.4, -0.2) is 35.1 Å². The first-order valence-electron chi connectivity index (χ1n) is 5.49. The zero-order valence-corrected chi connectivity index (χ0v) is 12.1. The largest absolute Gasteiger partial charge is 0.410 e. The molecule has 0 atom stereocenters. The molecule has 0 saturated heterocycles. The van der Waals surface area contributed by atoms with Gasteiger partial charge in [-0.25, -0.2) is 10.2 Å². The molecular weight excluding hydrogens is 275 g/mol. The van der Waals surface area contributed by atoms with E-state index in [2.05, 4.69) is 10.3 Å². The number of hydrogen-bond donors (Lipinski definition) is 3. The van der Waals surface area contributed by atoms with E-state index in [4.69, 9.17) is 20.0 Å². The van der Waals surface area contributed by atoms with Crippen molar-refractivity contribution >= 4 is 25.3 Å². The minimum absolute atomic E-state index is 0.432. The summed E-state index contributed by atoms with van der Waals surface area (Å²) in [6.07, 6.45) is -0.0197. The summed E-state index contributed by atoms with van der Waals surface area (Å²) in [5.41, 5.74) is 6.23. The van der Waals surface area contributed by atoms with Crippen LogP contribution in [0.2, 0.25) is 0 Å². The summed E-state index contributed by atoms with van der Waals surface area (Å²) in [4.78, 5) is 10.4. The molecule has 0 saturated carbocycles. The van der Waals surface area contributed by atoms with E-state index in [1.54, 1.807) is 27.7 Å². The van der Waals surface area contributed by atoms with Gasteiger partial charge in [0.2, 0.25) is 5.45 Å². The minimum atomic E-state index is -3.84. The molecule has 0 spiro atoms. The first-order chi connectivity index (χ1) is 8.71. The summed E-state index contributed by atoms with van der Waals surface area (Å²) in [6.45, 7) is 6.57. The number of nitrogens with two attached hydrogens (primary N) is 1. The summed E-state index contributed by atoms with van der Waals surface area (Å²) in [5.74, 6) is 0. The van der Waals surface area contributed by atoms with Gasteiger partial charge in [0.25, 0.3) is 0 Å². The number of urea groups is 1. The van der Waals surface area contributed by atoms with E-state index < -0.39 is 31.3 Å². The highest BCUT2D eigenvalue weighted by molar-refractivity contribution is 7.74. The second-order valence-corrected chi connectivity index (χ2v) is 5.87. The number of nitrogens with zero attached hydrogens (tertiary/aromatic N) is 2. The highest BCUT2D eigenvalue weighted by atomic mass is 31.2. The van der Waals surface area contributed by atoms with Crippen LogP contribution in [-0.2, 0) is 13.6 Å². The predicted molar refractivity (Wildman–Crippen MR) is 70.5 cm³/mol. The first-order valence-corrected chi connectivity index (χ1v) is 7.03. The Hall–Kier alpha value is -1.44. The molecule has 0 aromatic heterocycles. The molecule has 10 heteroatoms. The lowest BCUT2D eigenvalue weighted by Crippen LogP contribution is -2.25. The van der Waals surface area contributed by atoms with Crippen LogP contribution in [0.25, 0.3) is 0 Å². The summed E-state index contributed by atoms with van der Waals surface area (Å²) in [5, 5.41) is 15.0. The van der Waals surface area contributed by atoms with Gasteiger partial charge >= 0.3 is 13.6 Å². The van der Waals surface area contributed by atoms with Gasteiger partial charge in [-0.3, -0.25) is 4.57 Å². The fourth-order valence-electron chi connectivity index (χ4n) is 0.993. The monoisotopic (exact) mass is 294 g/mol. The second-order valence-electron chi connectivity index (χ2n) is 4.00. The van der Waals surface area contributed by atoms with Crippen molar-refractivity contribution in [3.05, 3.63) is 0 Å².